The third-order valence-electron chi connectivity index (χ3n) is 3.47. The molecule has 0 rings (SSSR count). The lowest BCUT2D eigenvalue weighted by molar-refractivity contribution is 0.222. The molecule has 0 radical (unpaired) electrons. The molecule has 0 amide bonds. The highest BCUT2D eigenvalue weighted by Crippen LogP contribution is 2.30. The van der Waals surface area contributed by atoms with Gasteiger partial charge in [0.1, 0.15) is 0 Å². The molecule has 0 N–H and O–H groups in total. The Hall–Kier alpha value is 0. The Morgan fingerprint density at radius 3 is 1.38 bits per heavy atom. The van der Waals surface area contributed by atoms with Crippen molar-refractivity contribution >= 4 is 0 Å². The molecule has 0 saturated heterocycles. The predicted molar refractivity (Wildman–Crippen MR) is 61.9 cm³/mol. The van der Waals surface area contributed by atoms with Crippen LogP contribution in [0.1, 0.15) is 60.8 Å². The minimum absolute atomic E-state index is 0.848. The summed E-state index contributed by atoms with van der Waals surface area (Å²) in [5.41, 5.74) is 0. The van der Waals surface area contributed by atoms with Crippen molar-refractivity contribution in [1.29, 1.82) is 0 Å². The molecule has 13 heavy (non-hydrogen) atoms. The van der Waals surface area contributed by atoms with Gasteiger partial charge in [-0.05, 0) is 30.1 Å². The molecule has 80 valence electrons. The van der Waals surface area contributed by atoms with Crippen LogP contribution in [-0.2, 0) is 0 Å². The first-order chi connectivity index (χ1) is 6.02. The summed E-state index contributed by atoms with van der Waals surface area (Å²) in [6.45, 7) is 14.1. The van der Waals surface area contributed by atoms with E-state index in [1.807, 2.05) is 0 Å². The molecule has 0 spiro atoms. The van der Waals surface area contributed by atoms with Gasteiger partial charge < -0.3 is 0 Å². The molecule has 0 aliphatic heterocycles. The molecule has 0 nitrogen and oxygen atoms in total. The number of rotatable bonds is 6. The van der Waals surface area contributed by atoms with Crippen LogP contribution in [0.15, 0.2) is 0 Å². The first-order valence-electron chi connectivity index (χ1n) is 6.02. The van der Waals surface area contributed by atoms with E-state index in [0.29, 0.717) is 0 Å². The maximum atomic E-state index is 2.37. The van der Waals surface area contributed by atoms with Gasteiger partial charge >= 0.3 is 0 Å². The molecule has 0 bridgehead atoms. The molecule has 0 aromatic heterocycles. The maximum Gasteiger partial charge on any atom is -0.0365 e. The lowest BCUT2D eigenvalue weighted by atomic mass is 9.78. The smallest absolute Gasteiger partial charge is 0.0365 e. The Bertz CT molecular complexity index is 101. The van der Waals surface area contributed by atoms with E-state index in [0.717, 1.165) is 23.7 Å². The summed E-state index contributed by atoms with van der Waals surface area (Å²) in [6.07, 6.45) is 4.14. The molecule has 0 heteroatoms. The molecule has 0 unspecified atom stereocenters. The van der Waals surface area contributed by atoms with Gasteiger partial charge in [-0.3, -0.25) is 0 Å². The van der Waals surface area contributed by atoms with Crippen molar-refractivity contribution in [3.8, 4) is 0 Å². The quantitative estimate of drug-likeness (QED) is 0.559. The fourth-order valence-electron chi connectivity index (χ4n) is 2.32. The van der Waals surface area contributed by atoms with Crippen LogP contribution >= 0.6 is 0 Å². The summed E-state index contributed by atoms with van der Waals surface area (Å²) in [6, 6.07) is 0. The second-order valence-corrected chi connectivity index (χ2v) is 5.07. The molecule has 0 aliphatic rings. The van der Waals surface area contributed by atoms with Gasteiger partial charge in [-0.2, -0.15) is 0 Å². The van der Waals surface area contributed by atoms with E-state index in [1.54, 1.807) is 0 Å². The van der Waals surface area contributed by atoms with Gasteiger partial charge in [0.15, 0.2) is 0 Å². The van der Waals surface area contributed by atoms with Gasteiger partial charge in [-0.25, -0.2) is 0 Å². The normalized spacial score (nSPS) is 12.5. The highest BCUT2D eigenvalue weighted by molar-refractivity contribution is 4.70. The van der Waals surface area contributed by atoms with Gasteiger partial charge in [0.05, 0.1) is 0 Å². The molecule has 0 atom stereocenters. The minimum Gasteiger partial charge on any atom is -0.0651 e. The Kier molecular flexibility index (Phi) is 6.45. The average molecular weight is 184 g/mol. The van der Waals surface area contributed by atoms with Gasteiger partial charge in [-0.15, -0.1) is 0 Å². The first kappa shape index (κ1) is 13.0. The van der Waals surface area contributed by atoms with Crippen LogP contribution in [0.4, 0.5) is 0 Å². The van der Waals surface area contributed by atoms with Gasteiger partial charge in [0.2, 0.25) is 0 Å². The molecular weight excluding hydrogens is 156 g/mol. The molecular formula is C13H28. The summed E-state index contributed by atoms with van der Waals surface area (Å²) >= 11 is 0. The highest BCUT2D eigenvalue weighted by atomic mass is 14.3. The van der Waals surface area contributed by atoms with Gasteiger partial charge in [0.25, 0.3) is 0 Å². The monoisotopic (exact) mass is 184 g/mol. The highest BCUT2D eigenvalue weighted by Gasteiger charge is 2.20. The third-order valence-corrected chi connectivity index (χ3v) is 3.47. The zero-order valence-corrected chi connectivity index (χ0v) is 10.4. The van der Waals surface area contributed by atoms with E-state index in [9.17, 15) is 0 Å². The zero-order chi connectivity index (χ0) is 10.4. The van der Waals surface area contributed by atoms with E-state index in [4.69, 9.17) is 0 Å². The maximum absolute atomic E-state index is 2.37. The van der Waals surface area contributed by atoms with Crippen molar-refractivity contribution in [2.45, 2.75) is 60.8 Å². The summed E-state index contributed by atoms with van der Waals surface area (Å²) in [4.78, 5) is 0. The topological polar surface area (TPSA) is 0 Å². The van der Waals surface area contributed by atoms with Crippen LogP contribution in [0.5, 0.6) is 0 Å². The summed E-state index contributed by atoms with van der Waals surface area (Å²) in [5.74, 6) is 3.57. The lowest BCUT2D eigenvalue weighted by Gasteiger charge is -2.28. The molecule has 0 heterocycles. The fourth-order valence-corrected chi connectivity index (χ4v) is 2.32. The Balaban J connectivity index is 4.08. The van der Waals surface area contributed by atoms with Gasteiger partial charge in [-0.1, -0.05) is 54.4 Å². The predicted octanol–water partition coefficient (Wildman–Crippen LogP) is 4.74. The lowest BCUT2D eigenvalue weighted by Crippen LogP contribution is -2.19. The SMILES string of the molecule is CCC(CC)CC(C(C)C)C(C)C. The second-order valence-electron chi connectivity index (χ2n) is 5.07. The van der Waals surface area contributed by atoms with Crippen molar-refractivity contribution in [2.24, 2.45) is 23.7 Å². The Morgan fingerprint density at radius 2 is 1.15 bits per heavy atom. The molecule has 0 aliphatic carbocycles. The second kappa shape index (κ2) is 6.45. The Labute approximate surface area is 85.1 Å². The van der Waals surface area contributed by atoms with Crippen LogP contribution in [0.2, 0.25) is 0 Å². The van der Waals surface area contributed by atoms with Crippen LogP contribution in [0, 0.1) is 23.7 Å². The molecule has 0 aromatic carbocycles. The standard InChI is InChI=1S/C13H28/c1-7-12(8-2)9-13(10(3)4)11(5)6/h10-13H,7-9H2,1-6H3. The van der Waals surface area contributed by atoms with Gasteiger partial charge in [0, 0.05) is 0 Å². The van der Waals surface area contributed by atoms with Crippen LogP contribution in [0.25, 0.3) is 0 Å². The van der Waals surface area contributed by atoms with E-state index in [2.05, 4.69) is 41.5 Å². The number of hydrogen-bond donors (Lipinski definition) is 0. The first-order valence-corrected chi connectivity index (χ1v) is 6.02. The van der Waals surface area contributed by atoms with Crippen molar-refractivity contribution in [3.63, 3.8) is 0 Å². The zero-order valence-electron chi connectivity index (χ0n) is 10.4. The molecule has 0 aromatic rings. The minimum atomic E-state index is 0.848. The van der Waals surface area contributed by atoms with E-state index >= 15 is 0 Å². The van der Waals surface area contributed by atoms with Crippen molar-refractivity contribution in [2.75, 3.05) is 0 Å². The number of hydrogen-bond acceptors (Lipinski definition) is 0. The van der Waals surface area contributed by atoms with Crippen LogP contribution in [-0.4, -0.2) is 0 Å². The van der Waals surface area contributed by atoms with Crippen molar-refractivity contribution < 1.29 is 0 Å². The largest absolute Gasteiger partial charge is 0.0651 e. The Morgan fingerprint density at radius 1 is 0.769 bits per heavy atom. The summed E-state index contributed by atoms with van der Waals surface area (Å²) < 4.78 is 0. The van der Waals surface area contributed by atoms with Crippen LogP contribution in [0.3, 0.4) is 0 Å². The van der Waals surface area contributed by atoms with E-state index in [-0.39, 0.29) is 0 Å². The summed E-state index contributed by atoms with van der Waals surface area (Å²) in [7, 11) is 0. The van der Waals surface area contributed by atoms with Crippen molar-refractivity contribution in [1.82, 2.24) is 0 Å². The fraction of sp³-hybridized carbons (Fsp3) is 1.00. The van der Waals surface area contributed by atoms with E-state index in [1.165, 1.54) is 19.3 Å². The third kappa shape index (κ3) is 4.69. The summed E-state index contributed by atoms with van der Waals surface area (Å²) in [5, 5.41) is 0. The molecule has 0 fully saturated rings. The average Bonchev–Trinajstić information content (AvgIpc) is 2.05. The van der Waals surface area contributed by atoms with Crippen molar-refractivity contribution in [3.05, 3.63) is 0 Å². The van der Waals surface area contributed by atoms with E-state index < -0.39 is 0 Å². The molecule has 0 saturated carbocycles. The van der Waals surface area contributed by atoms with Crippen LogP contribution < -0.4 is 0 Å².